The smallest absolute Gasteiger partial charge is 0.247 e. The standard InChI is InChI=1S/C19H19N5O/c1-24(12-11-13-7-3-6-10-16(13)25-2)19-21-18-17(22-23-19)14-8-4-5-9-15(14)20-18/h3-10H,11-12H2,1-2H3,(H,20,21,23). The van der Waals surface area contributed by atoms with Gasteiger partial charge in [0.05, 0.1) is 7.11 Å². The zero-order chi connectivity index (χ0) is 17.2. The highest BCUT2D eigenvalue weighted by Gasteiger charge is 2.12. The summed E-state index contributed by atoms with van der Waals surface area (Å²) in [6.45, 7) is 0.772. The number of methoxy groups -OCH3 is 1. The molecule has 0 aliphatic carbocycles. The molecule has 25 heavy (non-hydrogen) atoms. The number of aromatic amines is 1. The van der Waals surface area contributed by atoms with E-state index in [0.717, 1.165) is 46.3 Å². The largest absolute Gasteiger partial charge is 0.496 e. The van der Waals surface area contributed by atoms with Gasteiger partial charge in [-0.2, -0.15) is 4.98 Å². The highest BCUT2D eigenvalue weighted by Crippen LogP contribution is 2.23. The molecule has 0 aliphatic heterocycles. The number of para-hydroxylation sites is 2. The van der Waals surface area contributed by atoms with Crippen LogP contribution in [0.4, 0.5) is 5.95 Å². The number of nitrogens with zero attached hydrogens (tertiary/aromatic N) is 4. The average Bonchev–Trinajstić information content (AvgIpc) is 3.04. The Morgan fingerprint density at radius 3 is 2.72 bits per heavy atom. The van der Waals surface area contributed by atoms with Gasteiger partial charge in [0, 0.05) is 24.5 Å². The predicted octanol–water partition coefficient (Wildman–Crippen LogP) is 3.19. The summed E-state index contributed by atoms with van der Waals surface area (Å²) in [5.41, 5.74) is 3.75. The zero-order valence-corrected chi connectivity index (χ0v) is 14.2. The highest BCUT2D eigenvalue weighted by molar-refractivity contribution is 6.03. The summed E-state index contributed by atoms with van der Waals surface area (Å²) in [5.74, 6) is 1.51. The third-order valence-electron chi connectivity index (χ3n) is 4.36. The monoisotopic (exact) mass is 333 g/mol. The van der Waals surface area contributed by atoms with Gasteiger partial charge in [-0.05, 0) is 24.1 Å². The number of anilines is 1. The average molecular weight is 333 g/mol. The van der Waals surface area contributed by atoms with Crippen LogP contribution in [0.5, 0.6) is 5.75 Å². The van der Waals surface area contributed by atoms with Crippen molar-refractivity contribution in [2.45, 2.75) is 6.42 Å². The van der Waals surface area contributed by atoms with E-state index < -0.39 is 0 Å². The number of aromatic nitrogens is 4. The van der Waals surface area contributed by atoms with Gasteiger partial charge < -0.3 is 14.6 Å². The molecule has 6 nitrogen and oxygen atoms in total. The summed E-state index contributed by atoms with van der Waals surface area (Å²) >= 11 is 0. The van der Waals surface area contributed by atoms with Crippen LogP contribution in [0.15, 0.2) is 48.5 Å². The van der Waals surface area contributed by atoms with E-state index in [1.54, 1.807) is 7.11 Å². The second-order valence-electron chi connectivity index (χ2n) is 5.96. The van der Waals surface area contributed by atoms with Crippen LogP contribution in [-0.2, 0) is 6.42 Å². The van der Waals surface area contributed by atoms with Gasteiger partial charge in [-0.25, -0.2) is 0 Å². The molecule has 0 spiro atoms. The van der Waals surface area contributed by atoms with Gasteiger partial charge in [-0.15, -0.1) is 10.2 Å². The first-order chi connectivity index (χ1) is 12.3. The molecule has 0 saturated carbocycles. The maximum absolute atomic E-state index is 5.41. The number of rotatable bonds is 5. The molecule has 0 aliphatic rings. The summed E-state index contributed by atoms with van der Waals surface area (Å²) in [7, 11) is 3.67. The summed E-state index contributed by atoms with van der Waals surface area (Å²) in [4.78, 5) is 9.94. The Balaban J connectivity index is 1.57. The zero-order valence-electron chi connectivity index (χ0n) is 14.2. The van der Waals surface area contributed by atoms with Crippen LogP contribution in [-0.4, -0.2) is 40.9 Å². The van der Waals surface area contributed by atoms with Crippen LogP contribution < -0.4 is 9.64 Å². The van der Waals surface area contributed by atoms with Crippen molar-refractivity contribution in [1.82, 2.24) is 20.2 Å². The van der Waals surface area contributed by atoms with Crippen molar-refractivity contribution in [3.05, 3.63) is 54.1 Å². The van der Waals surface area contributed by atoms with Crippen molar-refractivity contribution < 1.29 is 4.74 Å². The van der Waals surface area contributed by atoms with E-state index >= 15 is 0 Å². The molecule has 2 heterocycles. The molecule has 0 unspecified atom stereocenters. The second kappa shape index (κ2) is 6.39. The Morgan fingerprint density at radius 1 is 1.04 bits per heavy atom. The first-order valence-corrected chi connectivity index (χ1v) is 8.20. The van der Waals surface area contributed by atoms with Gasteiger partial charge >= 0.3 is 0 Å². The van der Waals surface area contributed by atoms with E-state index in [0.29, 0.717) is 5.95 Å². The highest BCUT2D eigenvalue weighted by atomic mass is 16.5. The predicted molar refractivity (Wildman–Crippen MR) is 99.2 cm³/mol. The number of hydrogen-bond acceptors (Lipinski definition) is 5. The number of ether oxygens (including phenoxy) is 1. The van der Waals surface area contributed by atoms with Crippen molar-refractivity contribution in [3.8, 4) is 5.75 Å². The molecule has 2 aromatic carbocycles. The molecule has 2 aromatic heterocycles. The first kappa shape index (κ1) is 15.4. The Morgan fingerprint density at radius 2 is 1.84 bits per heavy atom. The molecule has 4 aromatic rings. The van der Waals surface area contributed by atoms with Crippen molar-refractivity contribution in [1.29, 1.82) is 0 Å². The van der Waals surface area contributed by atoms with Gasteiger partial charge in [0.15, 0.2) is 5.65 Å². The molecule has 0 fully saturated rings. The lowest BCUT2D eigenvalue weighted by Gasteiger charge is -2.17. The quantitative estimate of drug-likeness (QED) is 0.607. The molecule has 4 rings (SSSR count). The maximum atomic E-state index is 5.41. The molecule has 126 valence electrons. The number of likely N-dealkylation sites (N-methyl/N-ethyl adjacent to an activating group) is 1. The van der Waals surface area contributed by atoms with Crippen LogP contribution in [0, 0.1) is 0 Å². The number of benzene rings is 2. The number of H-pyrrole nitrogens is 1. The van der Waals surface area contributed by atoms with E-state index in [2.05, 4.69) is 26.2 Å². The summed E-state index contributed by atoms with van der Waals surface area (Å²) < 4.78 is 5.41. The van der Waals surface area contributed by atoms with Gasteiger partial charge in [0.25, 0.3) is 0 Å². The van der Waals surface area contributed by atoms with Crippen molar-refractivity contribution in [2.24, 2.45) is 0 Å². The molecule has 1 N–H and O–H groups in total. The molecular weight excluding hydrogens is 314 g/mol. The molecule has 0 amide bonds. The summed E-state index contributed by atoms with van der Waals surface area (Å²) in [5, 5.41) is 9.71. The van der Waals surface area contributed by atoms with Crippen LogP contribution in [0.3, 0.4) is 0 Å². The van der Waals surface area contributed by atoms with E-state index in [-0.39, 0.29) is 0 Å². The van der Waals surface area contributed by atoms with Crippen molar-refractivity contribution >= 4 is 28.0 Å². The SMILES string of the molecule is COc1ccccc1CCN(C)c1nnc2c(n1)[nH]c1ccccc12. The fourth-order valence-corrected chi connectivity index (χ4v) is 2.97. The number of nitrogens with one attached hydrogen (secondary N) is 1. The van der Waals surface area contributed by atoms with Crippen molar-refractivity contribution in [3.63, 3.8) is 0 Å². The third kappa shape index (κ3) is 2.87. The molecule has 0 saturated heterocycles. The summed E-state index contributed by atoms with van der Waals surface area (Å²) in [6.07, 6.45) is 0.842. The Kier molecular flexibility index (Phi) is 3.93. The van der Waals surface area contributed by atoms with Gasteiger partial charge in [-0.3, -0.25) is 0 Å². The minimum absolute atomic E-state index is 0.606. The van der Waals surface area contributed by atoms with Crippen molar-refractivity contribution in [2.75, 3.05) is 25.6 Å². The normalized spacial score (nSPS) is 11.1. The van der Waals surface area contributed by atoms with Gasteiger partial charge in [0.1, 0.15) is 11.3 Å². The minimum Gasteiger partial charge on any atom is -0.496 e. The maximum Gasteiger partial charge on any atom is 0.247 e. The van der Waals surface area contributed by atoms with Crippen LogP contribution >= 0.6 is 0 Å². The second-order valence-corrected chi connectivity index (χ2v) is 5.96. The minimum atomic E-state index is 0.606. The lowest BCUT2D eigenvalue weighted by molar-refractivity contribution is 0.409. The van der Waals surface area contributed by atoms with Crippen LogP contribution in [0.2, 0.25) is 0 Å². The topological polar surface area (TPSA) is 66.9 Å². The van der Waals surface area contributed by atoms with E-state index in [1.807, 2.05) is 54.4 Å². The molecule has 0 radical (unpaired) electrons. The van der Waals surface area contributed by atoms with E-state index in [9.17, 15) is 0 Å². The van der Waals surface area contributed by atoms with Crippen LogP contribution in [0.1, 0.15) is 5.56 Å². The Bertz CT molecular complexity index is 1030. The fourth-order valence-electron chi connectivity index (χ4n) is 2.97. The lowest BCUT2D eigenvalue weighted by atomic mass is 10.1. The molecule has 6 heteroatoms. The van der Waals surface area contributed by atoms with Gasteiger partial charge in [-0.1, -0.05) is 36.4 Å². The Hall–Kier alpha value is -3.15. The fraction of sp³-hybridized carbons (Fsp3) is 0.211. The molecule has 0 bridgehead atoms. The first-order valence-electron chi connectivity index (χ1n) is 8.20. The number of hydrogen-bond donors (Lipinski definition) is 1. The molecule has 0 atom stereocenters. The van der Waals surface area contributed by atoms with E-state index in [1.165, 1.54) is 0 Å². The summed E-state index contributed by atoms with van der Waals surface area (Å²) in [6, 6.07) is 16.1. The van der Waals surface area contributed by atoms with Gasteiger partial charge in [0.2, 0.25) is 5.95 Å². The van der Waals surface area contributed by atoms with E-state index in [4.69, 9.17) is 4.74 Å². The van der Waals surface area contributed by atoms with Crippen LogP contribution in [0.25, 0.3) is 22.1 Å². The Labute approximate surface area is 145 Å². The lowest BCUT2D eigenvalue weighted by Crippen LogP contribution is -2.23. The third-order valence-corrected chi connectivity index (χ3v) is 4.36. The molecular formula is C19H19N5O. The number of fused-ring (bicyclic) bond motifs is 3.